The van der Waals surface area contributed by atoms with Gasteiger partial charge in [-0.25, -0.2) is 0 Å². The molecule has 0 aliphatic carbocycles. The van der Waals surface area contributed by atoms with Gasteiger partial charge in [0.25, 0.3) is 0 Å². The summed E-state index contributed by atoms with van der Waals surface area (Å²) in [5.74, 6) is 0.877. The van der Waals surface area contributed by atoms with Crippen LogP contribution in [0.1, 0.15) is 25.3 Å². The van der Waals surface area contributed by atoms with Gasteiger partial charge in [0, 0.05) is 37.6 Å². The number of carbonyl (C=O) groups excluding carboxylic acids is 1. The molecule has 1 N–H and O–H groups in total. The highest BCUT2D eigenvalue weighted by atomic mass is 35.5. The van der Waals surface area contributed by atoms with Crippen molar-refractivity contribution in [1.82, 2.24) is 4.90 Å². The first kappa shape index (κ1) is 23.0. The van der Waals surface area contributed by atoms with Crippen LogP contribution in [0.2, 0.25) is 0 Å². The molecule has 0 saturated carbocycles. The predicted molar refractivity (Wildman–Crippen MR) is 123 cm³/mol. The molecule has 3 rings (SSSR count). The first-order valence-electron chi connectivity index (χ1n) is 10.2. The number of hydrogen-bond donors (Lipinski definition) is 1. The van der Waals surface area contributed by atoms with E-state index in [-0.39, 0.29) is 18.3 Å². The maximum atomic E-state index is 12.4. The van der Waals surface area contributed by atoms with Crippen molar-refractivity contribution < 1.29 is 9.53 Å². The fraction of sp³-hybridized carbons (Fsp3) is 0.435. The minimum Gasteiger partial charge on any atom is -0.494 e. The Balaban J connectivity index is 0.00000300. The van der Waals surface area contributed by atoms with Crippen LogP contribution in [0.25, 0.3) is 0 Å². The second-order valence-electron chi connectivity index (χ2n) is 7.38. The van der Waals surface area contributed by atoms with Gasteiger partial charge in [0.05, 0.1) is 13.2 Å². The minimum atomic E-state index is 0. The van der Waals surface area contributed by atoms with Crippen LogP contribution < -0.4 is 15.0 Å². The van der Waals surface area contributed by atoms with Crippen molar-refractivity contribution >= 4 is 29.7 Å². The van der Waals surface area contributed by atoms with Gasteiger partial charge in [-0.3, -0.25) is 9.69 Å². The Hall–Kier alpha value is -2.24. The standard InChI is InChI=1S/C23H31N3O2.ClH/c1-3-4-16-28-22-10-8-20(9-11-22)24-23(27)18-25-12-14-26(15-13-25)21-7-5-6-19(2)17-21;/h5-11,17H,3-4,12-16,18H2,1-2H3,(H,24,27);1H. The lowest BCUT2D eigenvalue weighted by atomic mass is 10.2. The summed E-state index contributed by atoms with van der Waals surface area (Å²) < 4.78 is 5.66. The van der Waals surface area contributed by atoms with Crippen molar-refractivity contribution in [2.75, 3.05) is 49.5 Å². The Bertz CT molecular complexity index is 759. The highest BCUT2D eigenvalue weighted by Gasteiger charge is 2.19. The molecule has 0 aromatic heterocycles. The lowest BCUT2D eigenvalue weighted by Crippen LogP contribution is -2.48. The molecule has 2 aromatic rings. The van der Waals surface area contributed by atoms with Crippen molar-refractivity contribution in [3.05, 3.63) is 54.1 Å². The van der Waals surface area contributed by atoms with E-state index in [1.54, 1.807) is 0 Å². The number of carbonyl (C=O) groups is 1. The average Bonchev–Trinajstić information content (AvgIpc) is 2.70. The lowest BCUT2D eigenvalue weighted by molar-refractivity contribution is -0.117. The number of benzene rings is 2. The molecule has 1 amide bonds. The van der Waals surface area contributed by atoms with E-state index >= 15 is 0 Å². The van der Waals surface area contributed by atoms with E-state index < -0.39 is 0 Å². The number of anilines is 2. The summed E-state index contributed by atoms with van der Waals surface area (Å²) in [5.41, 5.74) is 3.36. The quantitative estimate of drug-likeness (QED) is 0.648. The van der Waals surface area contributed by atoms with Gasteiger partial charge in [0.1, 0.15) is 5.75 Å². The summed E-state index contributed by atoms with van der Waals surface area (Å²) >= 11 is 0. The first-order chi connectivity index (χ1) is 13.6. The van der Waals surface area contributed by atoms with Gasteiger partial charge in [-0.2, -0.15) is 0 Å². The van der Waals surface area contributed by atoms with Gasteiger partial charge in [0.2, 0.25) is 5.91 Å². The van der Waals surface area contributed by atoms with Crippen LogP contribution in [-0.4, -0.2) is 50.1 Å². The average molecular weight is 418 g/mol. The molecule has 0 radical (unpaired) electrons. The van der Waals surface area contributed by atoms with Gasteiger partial charge in [0.15, 0.2) is 0 Å². The molecule has 158 valence electrons. The maximum absolute atomic E-state index is 12.4. The zero-order valence-corrected chi connectivity index (χ0v) is 18.2. The molecule has 1 saturated heterocycles. The predicted octanol–water partition coefficient (Wildman–Crippen LogP) is 4.36. The largest absolute Gasteiger partial charge is 0.494 e. The van der Waals surface area contributed by atoms with Crippen molar-refractivity contribution in [3.63, 3.8) is 0 Å². The second-order valence-corrected chi connectivity index (χ2v) is 7.38. The fourth-order valence-electron chi connectivity index (χ4n) is 3.36. The number of amides is 1. The third-order valence-electron chi connectivity index (χ3n) is 5.01. The summed E-state index contributed by atoms with van der Waals surface area (Å²) in [6.07, 6.45) is 2.17. The van der Waals surface area contributed by atoms with Gasteiger partial charge in [-0.15, -0.1) is 12.4 Å². The number of rotatable bonds is 8. The number of piperazine rings is 1. The van der Waals surface area contributed by atoms with Crippen LogP contribution in [-0.2, 0) is 4.79 Å². The number of nitrogens with zero attached hydrogens (tertiary/aromatic N) is 2. The summed E-state index contributed by atoms with van der Waals surface area (Å²) in [7, 11) is 0. The number of unbranched alkanes of at least 4 members (excludes halogenated alkanes) is 1. The topological polar surface area (TPSA) is 44.8 Å². The fourth-order valence-corrected chi connectivity index (χ4v) is 3.36. The Morgan fingerprint density at radius 2 is 1.79 bits per heavy atom. The number of ether oxygens (including phenoxy) is 1. The molecule has 0 unspecified atom stereocenters. The highest BCUT2D eigenvalue weighted by Crippen LogP contribution is 2.18. The normalized spacial score (nSPS) is 14.2. The Morgan fingerprint density at radius 1 is 1.07 bits per heavy atom. The summed E-state index contributed by atoms with van der Waals surface area (Å²) in [5, 5.41) is 2.98. The molecule has 5 nitrogen and oxygen atoms in total. The Kier molecular flexibility index (Phi) is 9.29. The molecule has 0 spiro atoms. The second kappa shape index (κ2) is 11.7. The van der Waals surface area contributed by atoms with E-state index in [9.17, 15) is 4.79 Å². The van der Waals surface area contributed by atoms with Gasteiger partial charge in [-0.05, 0) is 55.3 Å². The van der Waals surface area contributed by atoms with Crippen molar-refractivity contribution in [2.24, 2.45) is 0 Å². The highest BCUT2D eigenvalue weighted by molar-refractivity contribution is 5.92. The number of hydrogen-bond acceptors (Lipinski definition) is 4. The molecule has 1 fully saturated rings. The van der Waals surface area contributed by atoms with Crippen molar-refractivity contribution in [1.29, 1.82) is 0 Å². The Morgan fingerprint density at radius 3 is 2.45 bits per heavy atom. The molecule has 1 heterocycles. The SMILES string of the molecule is CCCCOc1ccc(NC(=O)CN2CCN(c3cccc(C)c3)CC2)cc1.Cl. The van der Waals surface area contributed by atoms with Crippen molar-refractivity contribution in [2.45, 2.75) is 26.7 Å². The van der Waals surface area contributed by atoms with Crippen LogP contribution in [0.3, 0.4) is 0 Å². The molecule has 1 aliphatic rings. The van der Waals surface area contributed by atoms with Crippen LogP contribution in [0.4, 0.5) is 11.4 Å². The molecule has 6 heteroatoms. The summed E-state index contributed by atoms with van der Waals surface area (Å²) in [6.45, 7) is 9.10. The first-order valence-corrected chi connectivity index (χ1v) is 10.2. The number of nitrogens with one attached hydrogen (secondary N) is 1. The van der Waals surface area contributed by atoms with E-state index in [1.165, 1.54) is 11.3 Å². The maximum Gasteiger partial charge on any atom is 0.238 e. The molecular formula is C23H32ClN3O2. The lowest BCUT2D eigenvalue weighted by Gasteiger charge is -2.35. The molecule has 1 aliphatic heterocycles. The molecule has 2 aromatic carbocycles. The summed E-state index contributed by atoms with van der Waals surface area (Å²) in [6, 6.07) is 16.2. The van der Waals surface area contributed by atoms with Gasteiger partial charge < -0.3 is 15.0 Å². The molecule has 0 bridgehead atoms. The third-order valence-corrected chi connectivity index (χ3v) is 5.01. The van der Waals surface area contributed by atoms with Gasteiger partial charge in [-0.1, -0.05) is 25.5 Å². The van der Waals surface area contributed by atoms with Crippen LogP contribution in [0.15, 0.2) is 48.5 Å². The molecule has 29 heavy (non-hydrogen) atoms. The monoisotopic (exact) mass is 417 g/mol. The zero-order valence-electron chi connectivity index (χ0n) is 17.4. The van der Waals surface area contributed by atoms with Gasteiger partial charge >= 0.3 is 0 Å². The number of halogens is 1. The molecular weight excluding hydrogens is 386 g/mol. The Labute approximate surface area is 180 Å². The zero-order chi connectivity index (χ0) is 19.8. The minimum absolute atomic E-state index is 0. The van der Waals surface area contributed by atoms with E-state index in [0.29, 0.717) is 6.54 Å². The van der Waals surface area contributed by atoms with Crippen LogP contribution in [0, 0.1) is 6.92 Å². The van der Waals surface area contributed by atoms with Crippen LogP contribution >= 0.6 is 12.4 Å². The molecule has 0 atom stereocenters. The number of aryl methyl sites for hydroxylation is 1. The van der Waals surface area contributed by atoms with Crippen LogP contribution in [0.5, 0.6) is 5.75 Å². The van der Waals surface area contributed by atoms with Crippen molar-refractivity contribution in [3.8, 4) is 5.75 Å². The van der Waals surface area contributed by atoms with E-state index in [1.807, 2.05) is 24.3 Å². The smallest absolute Gasteiger partial charge is 0.238 e. The van der Waals surface area contributed by atoms with E-state index in [4.69, 9.17) is 4.74 Å². The summed E-state index contributed by atoms with van der Waals surface area (Å²) in [4.78, 5) is 17.0. The third kappa shape index (κ3) is 7.26. The van der Waals surface area contributed by atoms with E-state index in [0.717, 1.165) is 57.1 Å². The van der Waals surface area contributed by atoms with E-state index in [2.05, 4.69) is 53.2 Å².